The molecule has 0 amide bonds. The number of aromatic nitrogens is 2. The number of halogens is 1. The molecule has 1 aliphatic rings. The molecule has 0 aliphatic carbocycles. The van der Waals surface area contributed by atoms with Gasteiger partial charge in [0.05, 0.1) is 28.0 Å². The average molecular weight is 356 g/mol. The number of rotatable bonds is 3. The maximum Gasteiger partial charge on any atom is 0.261 e. The van der Waals surface area contributed by atoms with Gasteiger partial charge in [0, 0.05) is 19.1 Å². The van der Waals surface area contributed by atoms with Gasteiger partial charge >= 0.3 is 0 Å². The lowest BCUT2D eigenvalue weighted by Gasteiger charge is -2.31. The van der Waals surface area contributed by atoms with Crippen LogP contribution in [0.3, 0.4) is 0 Å². The van der Waals surface area contributed by atoms with Crippen LogP contribution in [0.4, 0.5) is 0 Å². The maximum absolute atomic E-state index is 12.6. The molecule has 0 saturated carbocycles. The third-order valence-corrected chi connectivity index (χ3v) is 6.52. The second-order valence-electron chi connectivity index (χ2n) is 5.62. The third-order valence-electron chi connectivity index (χ3n) is 4.34. The fourth-order valence-electron chi connectivity index (χ4n) is 2.97. The summed E-state index contributed by atoms with van der Waals surface area (Å²) in [4.78, 5) is 16.9. The molecule has 1 aliphatic heterocycles. The van der Waals surface area contributed by atoms with E-state index in [2.05, 4.69) is 4.98 Å². The van der Waals surface area contributed by atoms with Gasteiger partial charge in [-0.15, -0.1) is 0 Å². The highest BCUT2D eigenvalue weighted by molar-refractivity contribution is 7.89. The number of fused-ring (bicyclic) bond motifs is 1. The quantitative estimate of drug-likeness (QED) is 0.844. The van der Waals surface area contributed by atoms with E-state index < -0.39 is 10.0 Å². The summed E-state index contributed by atoms with van der Waals surface area (Å²) < 4.78 is 26.9. The normalized spacial score (nSPS) is 17.7. The van der Waals surface area contributed by atoms with Gasteiger partial charge < -0.3 is 0 Å². The van der Waals surface area contributed by atoms with Crippen LogP contribution in [0.25, 0.3) is 10.9 Å². The molecular weight excluding hydrogens is 338 g/mol. The Bertz CT molecular complexity index is 886. The van der Waals surface area contributed by atoms with Crippen LogP contribution < -0.4 is 5.56 Å². The van der Waals surface area contributed by atoms with Gasteiger partial charge in [0.2, 0.25) is 10.0 Å². The predicted octanol–water partition coefficient (Wildman–Crippen LogP) is 2.04. The van der Waals surface area contributed by atoms with E-state index in [0.717, 1.165) is 0 Å². The predicted molar refractivity (Wildman–Crippen MR) is 90.3 cm³/mol. The highest BCUT2D eigenvalue weighted by Gasteiger charge is 2.28. The Balaban J connectivity index is 1.89. The Kier molecular flexibility index (Phi) is 4.44. The van der Waals surface area contributed by atoms with Gasteiger partial charge in [-0.2, -0.15) is 0 Å². The monoisotopic (exact) mass is 355 g/mol. The zero-order valence-corrected chi connectivity index (χ0v) is 14.3. The first-order valence-corrected chi connectivity index (χ1v) is 9.56. The number of piperidine rings is 1. The van der Waals surface area contributed by atoms with E-state index >= 15 is 0 Å². The SMILES string of the molecule is CCS(=O)(=O)N1CCC(n2cnc3c(Cl)cccc3c2=O)CC1. The van der Waals surface area contributed by atoms with Crippen LogP contribution in [-0.4, -0.2) is 41.1 Å². The van der Waals surface area contributed by atoms with E-state index in [1.165, 1.54) is 10.6 Å². The zero-order valence-electron chi connectivity index (χ0n) is 12.8. The van der Waals surface area contributed by atoms with E-state index in [4.69, 9.17) is 11.6 Å². The largest absolute Gasteiger partial charge is 0.296 e. The fourth-order valence-corrected chi connectivity index (χ4v) is 4.33. The first-order chi connectivity index (χ1) is 10.9. The smallest absolute Gasteiger partial charge is 0.261 e. The van der Waals surface area contributed by atoms with Gasteiger partial charge in [-0.1, -0.05) is 17.7 Å². The van der Waals surface area contributed by atoms with Crippen LogP contribution in [0.2, 0.25) is 5.02 Å². The second-order valence-corrected chi connectivity index (χ2v) is 8.29. The maximum atomic E-state index is 12.6. The summed E-state index contributed by atoms with van der Waals surface area (Å²) in [6.07, 6.45) is 2.73. The molecule has 8 heteroatoms. The molecule has 0 bridgehead atoms. The number of hydrogen-bond acceptors (Lipinski definition) is 4. The van der Waals surface area contributed by atoms with Crippen molar-refractivity contribution < 1.29 is 8.42 Å². The van der Waals surface area contributed by atoms with Crippen molar-refractivity contribution in [1.29, 1.82) is 0 Å². The van der Waals surface area contributed by atoms with Gasteiger partial charge in [0.1, 0.15) is 0 Å². The Morgan fingerprint density at radius 3 is 2.65 bits per heavy atom. The van der Waals surface area contributed by atoms with Crippen LogP contribution in [0.1, 0.15) is 25.8 Å². The minimum absolute atomic E-state index is 0.0401. The van der Waals surface area contributed by atoms with Crippen molar-refractivity contribution in [3.8, 4) is 0 Å². The number of nitrogens with zero attached hydrogens (tertiary/aromatic N) is 3. The van der Waals surface area contributed by atoms with Crippen LogP contribution >= 0.6 is 11.6 Å². The molecule has 1 saturated heterocycles. The van der Waals surface area contributed by atoms with Crippen LogP contribution in [0.15, 0.2) is 29.3 Å². The molecule has 0 atom stereocenters. The van der Waals surface area contributed by atoms with Gasteiger partial charge in [-0.3, -0.25) is 9.36 Å². The first kappa shape index (κ1) is 16.4. The number of sulfonamides is 1. The molecule has 1 fully saturated rings. The van der Waals surface area contributed by atoms with Crippen molar-refractivity contribution in [2.24, 2.45) is 0 Å². The highest BCUT2D eigenvalue weighted by atomic mass is 35.5. The lowest BCUT2D eigenvalue weighted by atomic mass is 10.1. The molecule has 124 valence electrons. The van der Waals surface area contributed by atoms with Crippen molar-refractivity contribution in [3.05, 3.63) is 39.9 Å². The molecule has 0 unspecified atom stereocenters. The van der Waals surface area contributed by atoms with Gasteiger partial charge in [-0.05, 0) is 31.9 Å². The second kappa shape index (κ2) is 6.22. The number of hydrogen-bond donors (Lipinski definition) is 0. The number of para-hydroxylation sites is 1. The Morgan fingerprint density at radius 2 is 2.00 bits per heavy atom. The summed E-state index contributed by atoms with van der Waals surface area (Å²) in [6.45, 7) is 2.50. The summed E-state index contributed by atoms with van der Waals surface area (Å²) in [5, 5.41) is 0.944. The van der Waals surface area contributed by atoms with Crippen molar-refractivity contribution >= 4 is 32.5 Å². The summed E-state index contributed by atoms with van der Waals surface area (Å²) in [5.41, 5.74) is 0.371. The molecule has 3 rings (SSSR count). The lowest BCUT2D eigenvalue weighted by molar-refractivity contribution is 0.270. The van der Waals surface area contributed by atoms with Crippen LogP contribution in [-0.2, 0) is 10.0 Å². The minimum atomic E-state index is -3.16. The highest BCUT2D eigenvalue weighted by Crippen LogP contribution is 2.24. The Labute approximate surface area is 139 Å². The van der Waals surface area contributed by atoms with Crippen molar-refractivity contribution in [1.82, 2.24) is 13.9 Å². The van der Waals surface area contributed by atoms with E-state index in [1.54, 1.807) is 29.7 Å². The zero-order chi connectivity index (χ0) is 16.6. The molecule has 23 heavy (non-hydrogen) atoms. The molecule has 0 spiro atoms. The van der Waals surface area contributed by atoms with E-state index in [1.807, 2.05) is 0 Å². The summed E-state index contributed by atoms with van der Waals surface area (Å²) in [6, 6.07) is 5.11. The van der Waals surface area contributed by atoms with Crippen molar-refractivity contribution in [3.63, 3.8) is 0 Å². The topological polar surface area (TPSA) is 72.3 Å². The average Bonchev–Trinajstić information content (AvgIpc) is 2.56. The molecule has 2 heterocycles. The van der Waals surface area contributed by atoms with E-state index in [-0.39, 0.29) is 17.4 Å². The minimum Gasteiger partial charge on any atom is -0.296 e. The van der Waals surface area contributed by atoms with Crippen molar-refractivity contribution in [2.75, 3.05) is 18.8 Å². The molecule has 6 nitrogen and oxygen atoms in total. The van der Waals surface area contributed by atoms with E-state index in [9.17, 15) is 13.2 Å². The van der Waals surface area contributed by atoms with Crippen LogP contribution in [0, 0.1) is 0 Å². The summed E-state index contributed by atoms with van der Waals surface area (Å²) in [7, 11) is -3.16. The van der Waals surface area contributed by atoms with Gasteiger partial charge in [0.15, 0.2) is 0 Å². The first-order valence-electron chi connectivity index (χ1n) is 7.57. The van der Waals surface area contributed by atoms with E-state index in [0.29, 0.717) is 41.9 Å². The number of benzene rings is 1. The van der Waals surface area contributed by atoms with Crippen molar-refractivity contribution in [2.45, 2.75) is 25.8 Å². The molecule has 0 N–H and O–H groups in total. The summed E-state index contributed by atoms with van der Waals surface area (Å²) >= 11 is 6.07. The summed E-state index contributed by atoms with van der Waals surface area (Å²) in [5.74, 6) is 0.105. The van der Waals surface area contributed by atoms with Gasteiger partial charge in [-0.25, -0.2) is 17.7 Å². The molecule has 2 aromatic rings. The molecular formula is C15H18ClN3O3S. The van der Waals surface area contributed by atoms with Gasteiger partial charge in [0.25, 0.3) is 5.56 Å². The Hall–Kier alpha value is -1.44. The molecule has 0 radical (unpaired) electrons. The molecule has 1 aromatic carbocycles. The lowest BCUT2D eigenvalue weighted by Crippen LogP contribution is -2.41. The molecule has 1 aromatic heterocycles. The fraction of sp³-hybridized carbons (Fsp3) is 0.467. The Morgan fingerprint density at radius 1 is 1.30 bits per heavy atom. The van der Waals surface area contributed by atoms with Crippen LogP contribution in [0.5, 0.6) is 0 Å². The third kappa shape index (κ3) is 3.00. The standard InChI is InChI=1S/C15H18ClN3O3S/c1-2-23(21,22)18-8-6-11(7-9-18)19-10-17-14-12(15(19)20)4-3-5-13(14)16/h3-5,10-11H,2,6-9H2,1H3.